The number of amides is 1. The van der Waals surface area contributed by atoms with Crippen LogP contribution in [0.4, 0.5) is 4.79 Å². The van der Waals surface area contributed by atoms with Gasteiger partial charge >= 0.3 is 12.1 Å². The molecule has 6 nitrogen and oxygen atoms in total. The number of likely N-dealkylation sites (tertiary alicyclic amines) is 1. The highest BCUT2D eigenvalue weighted by Crippen LogP contribution is 2.32. The van der Waals surface area contributed by atoms with E-state index < -0.39 is 29.7 Å². The highest BCUT2D eigenvalue weighted by Gasteiger charge is 2.47. The minimum absolute atomic E-state index is 0.129. The van der Waals surface area contributed by atoms with Crippen molar-refractivity contribution in [2.24, 2.45) is 5.92 Å². The second kappa shape index (κ2) is 7.56. The van der Waals surface area contributed by atoms with E-state index in [0.29, 0.717) is 6.42 Å². The van der Waals surface area contributed by atoms with Crippen molar-refractivity contribution in [2.45, 2.75) is 58.4 Å². The SMILES string of the molecule is C[C@@H]1C[C@@H](C(=O)OCc2ccccc2)N(C(=O)OC(C)(C)C)C1C#N. The minimum atomic E-state index is -0.807. The van der Waals surface area contributed by atoms with Gasteiger partial charge in [-0.3, -0.25) is 4.90 Å². The van der Waals surface area contributed by atoms with Crippen molar-refractivity contribution in [3.63, 3.8) is 0 Å². The van der Waals surface area contributed by atoms with Gasteiger partial charge in [0.1, 0.15) is 24.3 Å². The molecular weight excluding hydrogens is 320 g/mol. The van der Waals surface area contributed by atoms with Crippen LogP contribution in [0.5, 0.6) is 0 Å². The molecule has 3 atom stereocenters. The van der Waals surface area contributed by atoms with E-state index in [-0.39, 0.29) is 12.5 Å². The number of hydrogen-bond donors (Lipinski definition) is 0. The zero-order valence-corrected chi connectivity index (χ0v) is 15.1. The molecule has 1 aliphatic heterocycles. The highest BCUT2D eigenvalue weighted by atomic mass is 16.6. The Hall–Kier alpha value is -2.55. The summed E-state index contributed by atoms with van der Waals surface area (Å²) in [5, 5.41) is 9.41. The summed E-state index contributed by atoms with van der Waals surface area (Å²) in [4.78, 5) is 26.3. The molecule has 0 aliphatic carbocycles. The van der Waals surface area contributed by atoms with Crippen LogP contribution in [-0.4, -0.2) is 34.6 Å². The van der Waals surface area contributed by atoms with Crippen LogP contribution in [0.3, 0.4) is 0 Å². The van der Waals surface area contributed by atoms with Crippen LogP contribution in [0.2, 0.25) is 0 Å². The Bertz CT molecular complexity index is 660. The standard InChI is InChI=1S/C19H24N2O4/c1-13-10-15(17(22)24-12-14-8-6-5-7-9-14)21(16(13)11-20)18(23)25-19(2,3)4/h5-9,13,15-16H,10,12H2,1-4H3/t13-,15+,16?/m1/s1. The van der Waals surface area contributed by atoms with Gasteiger partial charge in [0.15, 0.2) is 0 Å². The van der Waals surface area contributed by atoms with E-state index in [1.807, 2.05) is 37.3 Å². The first-order valence-electron chi connectivity index (χ1n) is 8.34. The third-order valence-corrected chi connectivity index (χ3v) is 4.00. The van der Waals surface area contributed by atoms with Gasteiger partial charge in [0.05, 0.1) is 6.07 Å². The summed E-state index contributed by atoms with van der Waals surface area (Å²) >= 11 is 0. The monoisotopic (exact) mass is 344 g/mol. The van der Waals surface area contributed by atoms with Crippen LogP contribution < -0.4 is 0 Å². The summed E-state index contributed by atoms with van der Waals surface area (Å²) in [5.74, 6) is -0.647. The summed E-state index contributed by atoms with van der Waals surface area (Å²) in [6.07, 6.45) is -0.282. The van der Waals surface area contributed by atoms with Crippen molar-refractivity contribution in [2.75, 3.05) is 0 Å². The Morgan fingerprint density at radius 2 is 1.92 bits per heavy atom. The van der Waals surface area contributed by atoms with Crippen LogP contribution in [0.25, 0.3) is 0 Å². The molecule has 25 heavy (non-hydrogen) atoms. The first-order valence-corrected chi connectivity index (χ1v) is 8.34. The largest absolute Gasteiger partial charge is 0.459 e. The maximum atomic E-state index is 12.5. The van der Waals surface area contributed by atoms with E-state index in [2.05, 4.69) is 6.07 Å². The van der Waals surface area contributed by atoms with Gasteiger partial charge in [-0.05, 0) is 38.7 Å². The Kier molecular flexibility index (Phi) is 5.68. The first kappa shape index (κ1) is 18.8. The zero-order chi connectivity index (χ0) is 18.6. The van der Waals surface area contributed by atoms with Crippen molar-refractivity contribution in [1.29, 1.82) is 5.26 Å². The van der Waals surface area contributed by atoms with E-state index >= 15 is 0 Å². The molecule has 1 amide bonds. The second-order valence-electron chi connectivity index (χ2n) is 7.28. The van der Waals surface area contributed by atoms with Crippen molar-refractivity contribution in [3.05, 3.63) is 35.9 Å². The highest BCUT2D eigenvalue weighted by molar-refractivity contribution is 5.83. The number of rotatable bonds is 3. The fourth-order valence-electron chi connectivity index (χ4n) is 2.84. The van der Waals surface area contributed by atoms with Crippen molar-refractivity contribution in [1.82, 2.24) is 4.90 Å². The van der Waals surface area contributed by atoms with E-state index in [0.717, 1.165) is 5.56 Å². The van der Waals surface area contributed by atoms with Crippen LogP contribution in [0.1, 0.15) is 39.7 Å². The fraction of sp³-hybridized carbons (Fsp3) is 0.526. The van der Waals surface area contributed by atoms with Crippen LogP contribution >= 0.6 is 0 Å². The van der Waals surface area contributed by atoms with E-state index in [9.17, 15) is 14.9 Å². The lowest BCUT2D eigenvalue weighted by atomic mass is 10.0. The second-order valence-corrected chi connectivity index (χ2v) is 7.28. The smallest absolute Gasteiger partial charge is 0.412 e. The lowest BCUT2D eigenvalue weighted by molar-refractivity contribution is -0.150. The third kappa shape index (κ3) is 4.72. The van der Waals surface area contributed by atoms with Gasteiger partial charge in [-0.2, -0.15) is 5.26 Å². The molecule has 1 heterocycles. The summed E-state index contributed by atoms with van der Waals surface area (Å²) in [6, 6.07) is 9.91. The van der Waals surface area contributed by atoms with Gasteiger partial charge in [0.25, 0.3) is 0 Å². The fourth-order valence-corrected chi connectivity index (χ4v) is 2.84. The van der Waals surface area contributed by atoms with Crippen molar-refractivity contribution < 1.29 is 19.1 Å². The Labute approximate surface area is 148 Å². The Morgan fingerprint density at radius 3 is 2.48 bits per heavy atom. The molecule has 6 heteroatoms. The number of ether oxygens (including phenoxy) is 2. The molecule has 134 valence electrons. The quantitative estimate of drug-likeness (QED) is 0.786. The van der Waals surface area contributed by atoms with Gasteiger partial charge in [0, 0.05) is 0 Å². The van der Waals surface area contributed by atoms with E-state index in [1.54, 1.807) is 20.8 Å². The molecule has 1 saturated heterocycles. The molecule has 1 aliphatic rings. The first-order chi connectivity index (χ1) is 11.7. The number of nitrogens with zero attached hydrogens (tertiary/aromatic N) is 2. The lowest BCUT2D eigenvalue weighted by Crippen LogP contribution is -2.47. The normalized spacial score (nSPS) is 23.0. The number of hydrogen-bond acceptors (Lipinski definition) is 5. The van der Waals surface area contributed by atoms with Crippen LogP contribution in [0, 0.1) is 17.2 Å². The van der Waals surface area contributed by atoms with E-state index in [4.69, 9.17) is 9.47 Å². The van der Waals surface area contributed by atoms with Crippen molar-refractivity contribution in [3.8, 4) is 6.07 Å². The molecular formula is C19H24N2O4. The van der Waals surface area contributed by atoms with Gasteiger partial charge in [0.2, 0.25) is 0 Å². The molecule has 0 bridgehead atoms. The minimum Gasteiger partial charge on any atom is -0.459 e. The van der Waals surface area contributed by atoms with E-state index in [1.165, 1.54) is 4.90 Å². The molecule has 0 aromatic heterocycles. The van der Waals surface area contributed by atoms with Crippen molar-refractivity contribution >= 4 is 12.1 Å². The molecule has 0 spiro atoms. The summed E-state index contributed by atoms with van der Waals surface area (Å²) < 4.78 is 10.7. The molecule has 0 radical (unpaired) electrons. The maximum absolute atomic E-state index is 12.5. The number of carbonyl (C=O) groups is 2. The average molecular weight is 344 g/mol. The molecule has 1 aromatic carbocycles. The number of benzene rings is 1. The van der Waals surface area contributed by atoms with Crippen LogP contribution in [0.15, 0.2) is 30.3 Å². The molecule has 1 unspecified atom stereocenters. The molecule has 0 N–H and O–H groups in total. The molecule has 1 fully saturated rings. The number of carbonyl (C=O) groups excluding carboxylic acids is 2. The van der Waals surface area contributed by atoms with Gasteiger partial charge in [-0.25, -0.2) is 9.59 Å². The molecule has 2 rings (SSSR count). The lowest BCUT2D eigenvalue weighted by Gasteiger charge is -2.29. The van der Waals surface area contributed by atoms with Gasteiger partial charge in [-0.15, -0.1) is 0 Å². The predicted molar refractivity (Wildman–Crippen MR) is 91.3 cm³/mol. The summed E-state index contributed by atoms with van der Waals surface area (Å²) in [6.45, 7) is 7.21. The summed E-state index contributed by atoms with van der Waals surface area (Å²) in [5.41, 5.74) is 0.157. The van der Waals surface area contributed by atoms with Crippen LogP contribution in [-0.2, 0) is 20.9 Å². The Balaban J connectivity index is 2.11. The summed E-state index contributed by atoms with van der Waals surface area (Å²) in [7, 11) is 0. The number of nitriles is 1. The number of esters is 1. The molecule has 0 saturated carbocycles. The zero-order valence-electron chi connectivity index (χ0n) is 15.1. The predicted octanol–water partition coefficient (Wildman–Crippen LogP) is 3.27. The topological polar surface area (TPSA) is 79.6 Å². The third-order valence-electron chi connectivity index (χ3n) is 4.00. The van der Waals surface area contributed by atoms with Gasteiger partial charge < -0.3 is 9.47 Å². The van der Waals surface area contributed by atoms with Gasteiger partial charge in [-0.1, -0.05) is 37.3 Å². The molecule has 1 aromatic rings. The average Bonchev–Trinajstić information content (AvgIpc) is 2.88. The Morgan fingerprint density at radius 1 is 1.28 bits per heavy atom. The maximum Gasteiger partial charge on any atom is 0.412 e.